The quantitative estimate of drug-likeness (QED) is 0.0826. The number of carbonyl (C=O) groups is 6. The number of ether oxygens (including phenoxy) is 7. The summed E-state index contributed by atoms with van der Waals surface area (Å²) < 4.78 is 36.3. The van der Waals surface area contributed by atoms with Crippen LogP contribution < -0.4 is 0 Å². The molecule has 0 saturated heterocycles. The van der Waals surface area contributed by atoms with Crippen LogP contribution in [0.4, 0.5) is 0 Å². The lowest BCUT2D eigenvalue weighted by Gasteiger charge is -2.35. The third-order valence-electron chi connectivity index (χ3n) is 5.35. The van der Waals surface area contributed by atoms with Crippen LogP contribution in [-0.2, 0) is 61.9 Å². The average molecular weight is 657 g/mol. The molecule has 0 fully saturated rings. The zero-order valence-electron chi connectivity index (χ0n) is 24.9. The Bertz CT molecular complexity index is 1130. The number of hydrogen-bond donors (Lipinski definition) is 0. The van der Waals surface area contributed by atoms with Gasteiger partial charge in [0.2, 0.25) is 0 Å². The highest BCUT2D eigenvalue weighted by atomic mass is 16.6. The molecule has 0 saturated carbocycles. The molecule has 0 aromatic rings. The summed E-state index contributed by atoms with van der Waals surface area (Å²) in [6, 6.07) is 4.71. The van der Waals surface area contributed by atoms with Crippen LogP contribution in [0, 0.1) is 64.5 Å². The van der Waals surface area contributed by atoms with E-state index in [2.05, 4.69) is 14.5 Å². The number of nitriles is 3. The van der Waals surface area contributed by atoms with Crippen LogP contribution in [0.3, 0.4) is 0 Å². The average Bonchev–Trinajstić information content (AvgIpc) is 3.03. The lowest BCUT2D eigenvalue weighted by atomic mass is 9.90. The van der Waals surface area contributed by atoms with Gasteiger partial charge in [0.25, 0.3) is 0 Å². The van der Waals surface area contributed by atoms with Crippen molar-refractivity contribution in [2.45, 2.75) is 19.3 Å². The van der Waals surface area contributed by atoms with Gasteiger partial charge in [-0.3, -0.25) is 14.4 Å². The maximum atomic E-state index is 12.0. The van der Waals surface area contributed by atoms with Crippen molar-refractivity contribution >= 4 is 35.8 Å². The summed E-state index contributed by atoms with van der Waals surface area (Å²) in [6.45, 7) is 12.9. The van der Waals surface area contributed by atoms with Crippen molar-refractivity contribution in [1.29, 1.82) is 15.8 Å². The lowest BCUT2D eigenvalue weighted by Crippen LogP contribution is -2.47. The second-order valence-corrected chi connectivity index (χ2v) is 9.41. The van der Waals surface area contributed by atoms with Crippen LogP contribution >= 0.6 is 0 Å². The van der Waals surface area contributed by atoms with Crippen molar-refractivity contribution in [3.63, 3.8) is 0 Å². The second kappa shape index (κ2) is 23.1. The first-order chi connectivity index (χ1) is 22.4. The minimum atomic E-state index is -1.75. The summed E-state index contributed by atoms with van der Waals surface area (Å²) in [5, 5.41) is 26.4. The van der Waals surface area contributed by atoms with Gasteiger partial charge in [0.15, 0.2) is 0 Å². The fourth-order valence-corrected chi connectivity index (χ4v) is 3.06. The molecule has 248 valence electrons. The van der Waals surface area contributed by atoms with Gasteiger partial charge in [0.05, 0.1) is 42.3 Å². The zero-order chi connectivity index (χ0) is 35.6. The van der Waals surface area contributed by atoms with E-state index in [4.69, 9.17) is 68.7 Å². The monoisotopic (exact) mass is 656 g/mol. The van der Waals surface area contributed by atoms with Crippen LogP contribution in [0.2, 0.25) is 0 Å². The summed E-state index contributed by atoms with van der Waals surface area (Å²) in [7, 11) is 0. The van der Waals surface area contributed by atoms with Crippen molar-refractivity contribution < 1.29 is 61.9 Å². The molecule has 0 aromatic carbocycles. The van der Waals surface area contributed by atoms with Crippen molar-refractivity contribution in [1.82, 2.24) is 0 Å². The second-order valence-electron chi connectivity index (χ2n) is 9.41. The normalized spacial score (nSPS) is 10.1. The largest absolute Gasteiger partial charge is 0.464 e. The van der Waals surface area contributed by atoms with Gasteiger partial charge < -0.3 is 47.7 Å². The Hall–Kier alpha value is -6.28. The minimum absolute atomic E-state index is 0.638. The van der Waals surface area contributed by atoms with Crippen molar-refractivity contribution in [2.24, 2.45) is 10.8 Å². The van der Waals surface area contributed by atoms with E-state index in [1.165, 1.54) is 0 Å². The molecule has 0 aliphatic rings. The Morgan fingerprint density at radius 1 is 0.447 bits per heavy atom. The SMILES string of the molecule is [C-]#[N+]CC(=O)OCC(COCC(COC(=O)CC#N)(COC(=O)CC#N)COC(=O)CC#N)(COC(=O)C[N+]#[C-])COC(=O)C[N+]#[C-]. The lowest BCUT2D eigenvalue weighted by molar-refractivity contribution is -0.173. The molecule has 0 heterocycles. The van der Waals surface area contributed by atoms with Crippen LogP contribution in [0.1, 0.15) is 19.3 Å². The van der Waals surface area contributed by atoms with E-state index < -0.39 is 138 Å². The predicted molar refractivity (Wildman–Crippen MR) is 147 cm³/mol. The van der Waals surface area contributed by atoms with Gasteiger partial charge in [-0.05, 0) is 0 Å². The summed E-state index contributed by atoms with van der Waals surface area (Å²) in [6.07, 6.45) is -2.07. The molecular formula is C28H28N6O13. The van der Waals surface area contributed by atoms with Gasteiger partial charge in [-0.25, -0.2) is 34.1 Å². The molecule has 0 amide bonds. The Morgan fingerprint density at radius 3 is 0.894 bits per heavy atom. The Morgan fingerprint density at radius 2 is 0.681 bits per heavy atom. The van der Waals surface area contributed by atoms with E-state index in [-0.39, 0.29) is 0 Å². The van der Waals surface area contributed by atoms with Crippen LogP contribution in [0.15, 0.2) is 0 Å². The molecule has 19 nitrogen and oxygen atoms in total. The fourth-order valence-electron chi connectivity index (χ4n) is 3.06. The first kappa shape index (κ1) is 40.7. The first-order valence-corrected chi connectivity index (χ1v) is 13.1. The van der Waals surface area contributed by atoms with Crippen molar-refractivity contribution in [2.75, 3.05) is 72.5 Å². The zero-order valence-corrected chi connectivity index (χ0v) is 24.9. The maximum absolute atomic E-state index is 12.0. The van der Waals surface area contributed by atoms with E-state index in [0.29, 0.717) is 0 Å². The van der Waals surface area contributed by atoms with E-state index in [0.717, 1.165) is 0 Å². The molecule has 0 atom stereocenters. The Kier molecular flexibility index (Phi) is 20.1. The summed E-state index contributed by atoms with van der Waals surface area (Å²) >= 11 is 0. The van der Waals surface area contributed by atoms with Gasteiger partial charge in [-0.15, -0.1) is 0 Å². The molecular weight excluding hydrogens is 628 g/mol. The third kappa shape index (κ3) is 18.2. The highest BCUT2D eigenvalue weighted by molar-refractivity contribution is 5.75. The molecule has 0 aliphatic carbocycles. The summed E-state index contributed by atoms with van der Waals surface area (Å²) in [4.78, 5) is 80.8. The Balaban J connectivity index is 6.56. The van der Waals surface area contributed by atoms with Crippen molar-refractivity contribution in [3.05, 3.63) is 34.3 Å². The predicted octanol–water partition coefficient (Wildman–Crippen LogP) is -0.266. The Labute approximate surface area is 268 Å². The molecule has 0 unspecified atom stereocenters. The minimum Gasteiger partial charge on any atom is -0.464 e. The molecule has 0 N–H and O–H groups in total. The number of hydrogen-bond acceptors (Lipinski definition) is 16. The number of nitrogens with zero attached hydrogens (tertiary/aromatic N) is 6. The summed E-state index contributed by atoms with van der Waals surface area (Å²) in [5.41, 5.74) is -3.50. The smallest absolute Gasteiger partial charge is 0.387 e. The molecule has 47 heavy (non-hydrogen) atoms. The van der Waals surface area contributed by atoms with Gasteiger partial charge in [0, 0.05) is 0 Å². The fraction of sp³-hybridized carbons (Fsp3) is 0.571. The van der Waals surface area contributed by atoms with Gasteiger partial charge in [-0.2, -0.15) is 15.8 Å². The molecule has 0 spiro atoms. The van der Waals surface area contributed by atoms with Gasteiger partial charge in [-0.1, -0.05) is 0 Å². The molecule has 0 aromatic heterocycles. The van der Waals surface area contributed by atoms with Gasteiger partial charge >= 0.3 is 55.5 Å². The number of carbonyl (C=O) groups excluding carboxylic acids is 6. The van der Waals surface area contributed by atoms with Crippen LogP contribution in [-0.4, -0.2) is 108 Å². The standard InChI is InChI=1S/C28H28N6O13/c1-32-10-24(38)45-18-28(19-46-25(39)11-33-2,20-47-26(40)12-34-3)14-41-13-27(15-42-21(35)4-7-29,16-43-22(36)5-8-30)17-44-23(37)6-9-31/h4-6,10-20H2. The van der Waals surface area contributed by atoms with Crippen LogP contribution in [0.25, 0.3) is 14.5 Å². The van der Waals surface area contributed by atoms with Gasteiger partial charge in [0.1, 0.15) is 58.9 Å². The highest BCUT2D eigenvalue weighted by Crippen LogP contribution is 2.26. The van der Waals surface area contributed by atoms with E-state index in [1.807, 2.05) is 0 Å². The summed E-state index contributed by atoms with van der Waals surface area (Å²) in [5.74, 6) is -6.13. The van der Waals surface area contributed by atoms with E-state index >= 15 is 0 Å². The van der Waals surface area contributed by atoms with E-state index in [1.54, 1.807) is 18.2 Å². The van der Waals surface area contributed by atoms with Crippen molar-refractivity contribution in [3.8, 4) is 18.2 Å². The molecule has 0 rings (SSSR count). The molecule has 0 bridgehead atoms. The molecule has 0 radical (unpaired) electrons. The number of esters is 6. The van der Waals surface area contributed by atoms with E-state index in [9.17, 15) is 28.8 Å². The maximum Gasteiger partial charge on any atom is 0.387 e. The highest BCUT2D eigenvalue weighted by Gasteiger charge is 2.41. The molecule has 19 heteroatoms. The van der Waals surface area contributed by atoms with Crippen LogP contribution in [0.5, 0.6) is 0 Å². The first-order valence-electron chi connectivity index (χ1n) is 13.1. The molecule has 0 aliphatic heterocycles. The topological polar surface area (TPSA) is 251 Å². The third-order valence-corrected chi connectivity index (χ3v) is 5.35. The number of rotatable bonds is 22.